The van der Waals surface area contributed by atoms with Crippen molar-refractivity contribution >= 4 is 11.6 Å². The number of ether oxygens (including phenoxy) is 3. The first-order chi connectivity index (χ1) is 14.2. The lowest BCUT2D eigenvalue weighted by Crippen LogP contribution is -2.33. The Hall–Kier alpha value is -2.50. The van der Waals surface area contributed by atoms with Gasteiger partial charge in [0.25, 0.3) is 0 Å². The second-order valence-electron chi connectivity index (χ2n) is 7.65. The lowest BCUT2D eigenvalue weighted by atomic mass is 9.98. The Labute approximate surface area is 172 Å². The molecule has 2 aliphatic rings. The van der Waals surface area contributed by atoms with Crippen molar-refractivity contribution in [1.82, 2.24) is 4.90 Å². The van der Waals surface area contributed by atoms with Crippen LogP contribution in [0.15, 0.2) is 36.4 Å². The van der Waals surface area contributed by atoms with E-state index in [-0.39, 0.29) is 5.75 Å². The first kappa shape index (κ1) is 19.8. The van der Waals surface area contributed by atoms with Gasteiger partial charge in [0.1, 0.15) is 30.6 Å². The van der Waals surface area contributed by atoms with Crippen molar-refractivity contribution < 1.29 is 19.3 Å². The summed E-state index contributed by atoms with van der Waals surface area (Å²) < 4.78 is 17.6. The number of aromatic hydroxyl groups is 1. The molecule has 2 aromatic rings. The molecule has 154 valence electrons. The van der Waals surface area contributed by atoms with Crippen molar-refractivity contribution in [3.8, 4) is 17.2 Å². The maximum Gasteiger partial charge on any atom is 0.142 e. The van der Waals surface area contributed by atoms with E-state index in [1.807, 2.05) is 18.2 Å². The van der Waals surface area contributed by atoms with Gasteiger partial charge in [0.05, 0.1) is 0 Å². The summed E-state index contributed by atoms with van der Waals surface area (Å²) in [4.78, 5) is 2.31. The minimum Gasteiger partial charge on any atom is -0.508 e. The van der Waals surface area contributed by atoms with Crippen LogP contribution in [-0.4, -0.2) is 43.1 Å². The van der Waals surface area contributed by atoms with Crippen molar-refractivity contribution in [2.45, 2.75) is 32.7 Å². The molecule has 0 aromatic heterocycles. The first-order valence-electron chi connectivity index (χ1n) is 10.5. The second kappa shape index (κ2) is 9.33. The summed E-state index contributed by atoms with van der Waals surface area (Å²) in [7, 11) is 0. The van der Waals surface area contributed by atoms with Gasteiger partial charge in [0.2, 0.25) is 0 Å². The van der Waals surface area contributed by atoms with Gasteiger partial charge in [-0.05, 0) is 48.3 Å². The molecule has 0 bridgehead atoms. The van der Waals surface area contributed by atoms with Gasteiger partial charge < -0.3 is 19.3 Å². The Morgan fingerprint density at radius 2 is 1.86 bits per heavy atom. The molecule has 0 spiro atoms. The molecule has 2 aliphatic heterocycles. The van der Waals surface area contributed by atoms with Crippen molar-refractivity contribution in [2.75, 3.05) is 33.1 Å². The maximum atomic E-state index is 9.51. The fraction of sp³-hybridized carbons (Fsp3) is 0.417. The lowest BCUT2D eigenvalue weighted by Gasteiger charge is -2.30. The fourth-order valence-electron chi connectivity index (χ4n) is 3.68. The average Bonchev–Trinajstić information content (AvgIpc) is 2.75. The van der Waals surface area contributed by atoms with Gasteiger partial charge in [-0.2, -0.15) is 0 Å². The van der Waals surface area contributed by atoms with E-state index >= 15 is 0 Å². The minimum atomic E-state index is 0.272. The molecule has 0 radical (unpaired) electrons. The first-order valence-corrected chi connectivity index (χ1v) is 10.5. The highest BCUT2D eigenvalue weighted by Gasteiger charge is 2.22. The number of phenols is 1. The predicted molar refractivity (Wildman–Crippen MR) is 114 cm³/mol. The minimum absolute atomic E-state index is 0.272. The third-order valence-corrected chi connectivity index (χ3v) is 5.35. The maximum absolute atomic E-state index is 9.51. The Balaban J connectivity index is 1.41. The van der Waals surface area contributed by atoms with Crippen LogP contribution in [0.2, 0.25) is 0 Å². The van der Waals surface area contributed by atoms with Crippen LogP contribution in [-0.2, 0) is 11.3 Å². The molecule has 0 aliphatic carbocycles. The molecule has 4 rings (SSSR count). The smallest absolute Gasteiger partial charge is 0.142 e. The normalized spacial score (nSPS) is 15.7. The zero-order valence-electron chi connectivity index (χ0n) is 17.0. The molecule has 29 heavy (non-hydrogen) atoms. The summed E-state index contributed by atoms with van der Waals surface area (Å²) in [6.07, 6.45) is 5.49. The van der Waals surface area contributed by atoms with E-state index in [1.54, 1.807) is 12.1 Å². The highest BCUT2D eigenvalue weighted by atomic mass is 16.5. The molecular weight excluding hydrogens is 366 g/mol. The summed E-state index contributed by atoms with van der Waals surface area (Å²) in [6, 6.07) is 11.4. The molecular formula is C24H29NO4. The summed E-state index contributed by atoms with van der Waals surface area (Å²) in [5.41, 5.74) is 4.43. The summed E-state index contributed by atoms with van der Waals surface area (Å²) in [6.45, 7) is 6.81. The number of phenolic OH excluding ortho intramolecular Hbond substituents is 1. The molecule has 0 atom stereocenters. The summed E-state index contributed by atoms with van der Waals surface area (Å²) in [5.74, 6) is 2.05. The molecule has 0 saturated heterocycles. The molecule has 2 aromatic carbocycles. The number of hydrogen-bond acceptors (Lipinski definition) is 5. The van der Waals surface area contributed by atoms with Gasteiger partial charge in [-0.1, -0.05) is 25.5 Å². The molecule has 5 nitrogen and oxygen atoms in total. The number of rotatable bonds is 8. The number of hydrogen-bond donors (Lipinski definition) is 1. The van der Waals surface area contributed by atoms with E-state index in [9.17, 15) is 5.11 Å². The van der Waals surface area contributed by atoms with Crippen molar-refractivity contribution in [1.29, 1.82) is 0 Å². The van der Waals surface area contributed by atoms with Crippen molar-refractivity contribution in [2.24, 2.45) is 0 Å². The Bertz CT molecular complexity index is 860. The molecule has 2 heterocycles. The average molecular weight is 395 g/mol. The van der Waals surface area contributed by atoms with Crippen LogP contribution in [0.3, 0.4) is 0 Å². The Morgan fingerprint density at radius 1 is 1.03 bits per heavy atom. The lowest BCUT2D eigenvalue weighted by molar-refractivity contribution is 0.0735. The zero-order valence-corrected chi connectivity index (χ0v) is 17.0. The van der Waals surface area contributed by atoms with Crippen LogP contribution in [0.1, 0.15) is 42.9 Å². The van der Waals surface area contributed by atoms with Crippen LogP contribution in [0.25, 0.3) is 11.6 Å². The fourth-order valence-corrected chi connectivity index (χ4v) is 3.68. The van der Waals surface area contributed by atoms with E-state index < -0.39 is 0 Å². The highest BCUT2D eigenvalue weighted by molar-refractivity contribution is 5.86. The summed E-state index contributed by atoms with van der Waals surface area (Å²) in [5, 5.41) is 9.51. The van der Waals surface area contributed by atoms with Crippen LogP contribution < -0.4 is 9.47 Å². The number of unbranched alkanes of at least 4 members (excludes halogenated alkanes) is 1. The van der Waals surface area contributed by atoms with Gasteiger partial charge in [0, 0.05) is 43.5 Å². The monoisotopic (exact) mass is 395 g/mol. The quantitative estimate of drug-likeness (QED) is 0.658. The van der Waals surface area contributed by atoms with Crippen LogP contribution in [0.4, 0.5) is 0 Å². The number of benzene rings is 2. The third kappa shape index (κ3) is 4.92. The van der Waals surface area contributed by atoms with E-state index in [0.29, 0.717) is 13.3 Å². The van der Waals surface area contributed by atoms with Gasteiger partial charge in [0.15, 0.2) is 0 Å². The molecule has 0 fully saturated rings. The highest BCUT2D eigenvalue weighted by Crippen LogP contribution is 2.37. The van der Waals surface area contributed by atoms with Gasteiger partial charge >= 0.3 is 0 Å². The van der Waals surface area contributed by atoms with E-state index in [2.05, 4.69) is 24.0 Å². The molecule has 0 saturated carbocycles. The van der Waals surface area contributed by atoms with Gasteiger partial charge in [-0.25, -0.2) is 0 Å². The van der Waals surface area contributed by atoms with Gasteiger partial charge in [-0.15, -0.1) is 0 Å². The zero-order chi connectivity index (χ0) is 20.1. The van der Waals surface area contributed by atoms with E-state index in [4.69, 9.17) is 14.2 Å². The largest absolute Gasteiger partial charge is 0.508 e. The summed E-state index contributed by atoms with van der Waals surface area (Å²) >= 11 is 0. The predicted octanol–water partition coefficient (Wildman–Crippen LogP) is 4.68. The number of fused-ring (bicyclic) bond motifs is 2. The standard InChI is InChI=1S/C24H29NO4/c1-2-3-10-27-11-4-9-25-15-20-12-19-13-21(18-5-7-22(26)8-6-18)16-28-23(19)14-24(20)29-17-25/h5-8,12-14,26H,2-4,9-11,15-17H2,1H3. The SMILES string of the molecule is CCCCOCCCN1COc2cc3c(cc2C1)C=C(c1ccc(O)cc1)CO3. The topological polar surface area (TPSA) is 51.2 Å². The second-order valence-corrected chi connectivity index (χ2v) is 7.65. The molecule has 1 N–H and O–H groups in total. The van der Waals surface area contributed by atoms with E-state index in [1.165, 1.54) is 12.0 Å². The van der Waals surface area contributed by atoms with Crippen LogP contribution in [0.5, 0.6) is 17.2 Å². The Morgan fingerprint density at radius 3 is 2.69 bits per heavy atom. The van der Waals surface area contributed by atoms with Crippen LogP contribution in [0, 0.1) is 0 Å². The molecule has 5 heteroatoms. The van der Waals surface area contributed by atoms with E-state index in [0.717, 1.165) is 67.3 Å². The van der Waals surface area contributed by atoms with Crippen molar-refractivity contribution in [3.63, 3.8) is 0 Å². The molecule has 0 unspecified atom stereocenters. The number of nitrogens with zero attached hydrogens (tertiary/aromatic N) is 1. The Kier molecular flexibility index (Phi) is 6.37. The third-order valence-electron chi connectivity index (χ3n) is 5.35. The molecule has 0 amide bonds. The van der Waals surface area contributed by atoms with Crippen LogP contribution >= 0.6 is 0 Å². The van der Waals surface area contributed by atoms with Gasteiger partial charge in [-0.3, -0.25) is 4.90 Å². The van der Waals surface area contributed by atoms with Crippen molar-refractivity contribution in [3.05, 3.63) is 53.1 Å².